The number of hydrogen-bond donors (Lipinski definition) is 2. The van der Waals surface area contributed by atoms with Crippen LogP contribution in [0.15, 0.2) is 47.4 Å². The van der Waals surface area contributed by atoms with Crippen LogP contribution in [0.1, 0.15) is 22.8 Å². The Hall–Kier alpha value is -3.00. The maximum Gasteiger partial charge on any atom is 0.338 e. The number of carbonyl (C=O) groups excluding carboxylic acids is 3. The number of amides is 2. The van der Waals surface area contributed by atoms with Gasteiger partial charge in [-0.15, -0.1) is 11.8 Å². The van der Waals surface area contributed by atoms with Gasteiger partial charge in [0, 0.05) is 11.4 Å². The first-order valence-electron chi connectivity index (χ1n) is 8.64. The van der Waals surface area contributed by atoms with Crippen molar-refractivity contribution in [2.45, 2.75) is 23.6 Å². The number of fused-ring (bicyclic) bond motifs is 1. The standard InChI is InChI=1S/C20H20N2O5S/c1-12-19(24)22-16-9-14(5-8-17(16)28-12)20(25)27-11-18(23)21-10-13-3-6-15(26-2)7-4-13/h3-9,12H,10-11H2,1-2H3,(H,21,23)(H,22,24). The number of benzene rings is 2. The van der Waals surface area contributed by atoms with Gasteiger partial charge in [0.2, 0.25) is 5.91 Å². The van der Waals surface area contributed by atoms with Crippen molar-refractivity contribution in [3.8, 4) is 5.75 Å². The molecule has 2 amide bonds. The van der Waals surface area contributed by atoms with E-state index < -0.39 is 11.9 Å². The van der Waals surface area contributed by atoms with Crippen LogP contribution in [0.4, 0.5) is 5.69 Å². The van der Waals surface area contributed by atoms with Crippen LogP contribution in [-0.4, -0.2) is 36.8 Å². The predicted octanol–water partition coefficient (Wildman–Crippen LogP) is 2.60. The fourth-order valence-corrected chi connectivity index (χ4v) is 3.48. The van der Waals surface area contributed by atoms with E-state index in [2.05, 4.69) is 10.6 Å². The van der Waals surface area contributed by atoms with E-state index in [9.17, 15) is 14.4 Å². The molecule has 1 atom stereocenters. The predicted molar refractivity (Wildman–Crippen MR) is 106 cm³/mol. The molecule has 1 aliphatic rings. The first-order chi connectivity index (χ1) is 13.5. The van der Waals surface area contributed by atoms with E-state index in [0.717, 1.165) is 16.2 Å². The van der Waals surface area contributed by atoms with E-state index in [-0.39, 0.29) is 23.3 Å². The van der Waals surface area contributed by atoms with Crippen LogP contribution in [0.25, 0.3) is 0 Å². The number of ether oxygens (including phenoxy) is 2. The molecule has 2 N–H and O–H groups in total. The molecule has 0 radical (unpaired) electrons. The van der Waals surface area contributed by atoms with Crippen molar-refractivity contribution in [3.63, 3.8) is 0 Å². The minimum Gasteiger partial charge on any atom is -0.497 e. The van der Waals surface area contributed by atoms with Crippen molar-refractivity contribution in [2.24, 2.45) is 0 Å². The van der Waals surface area contributed by atoms with E-state index in [4.69, 9.17) is 9.47 Å². The number of anilines is 1. The van der Waals surface area contributed by atoms with Crippen molar-refractivity contribution in [3.05, 3.63) is 53.6 Å². The summed E-state index contributed by atoms with van der Waals surface area (Å²) in [6.45, 7) is 1.75. The van der Waals surface area contributed by atoms with Crippen LogP contribution in [-0.2, 0) is 20.9 Å². The van der Waals surface area contributed by atoms with Gasteiger partial charge in [0.05, 0.1) is 23.6 Å². The zero-order chi connectivity index (χ0) is 20.1. The second kappa shape index (κ2) is 8.79. The largest absolute Gasteiger partial charge is 0.497 e. The van der Waals surface area contributed by atoms with Gasteiger partial charge in [-0.1, -0.05) is 12.1 Å². The van der Waals surface area contributed by atoms with Crippen LogP contribution in [0.5, 0.6) is 5.75 Å². The number of esters is 1. The third-order valence-corrected chi connectivity index (χ3v) is 5.31. The lowest BCUT2D eigenvalue weighted by atomic mass is 10.2. The first kappa shape index (κ1) is 19.8. The molecule has 2 aromatic rings. The summed E-state index contributed by atoms with van der Waals surface area (Å²) in [5.41, 5.74) is 1.75. The van der Waals surface area contributed by atoms with Crippen LogP contribution < -0.4 is 15.4 Å². The highest BCUT2D eigenvalue weighted by atomic mass is 32.2. The number of thioether (sulfide) groups is 1. The summed E-state index contributed by atoms with van der Waals surface area (Å²) in [6, 6.07) is 12.2. The zero-order valence-electron chi connectivity index (χ0n) is 15.5. The topological polar surface area (TPSA) is 93.7 Å². The molecule has 0 aliphatic carbocycles. The van der Waals surface area contributed by atoms with Crippen LogP contribution in [0.3, 0.4) is 0 Å². The molecule has 7 nitrogen and oxygen atoms in total. The maximum atomic E-state index is 12.2. The summed E-state index contributed by atoms with van der Waals surface area (Å²) in [7, 11) is 1.58. The second-order valence-corrected chi connectivity index (χ2v) is 7.54. The average Bonchev–Trinajstić information content (AvgIpc) is 2.71. The second-order valence-electron chi connectivity index (χ2n) is 6.16. The molecule has 0 spiro atoms. The summed E-state index contributed by atoms with van der Waals surface area (Å²) in [6.07, 6.45) is 0. The molecule has 1 unspecified atom stereocenters. The Bertz CT molecular complexity index is 898. The summed E-state index contributed by atoms with van der Waals surface area (Å²) in [4.78, 5) is 36.8. The van der Waals surface area contributed by atoms with Gasteiger partial charge < -0.3 is 20.1 Å². The lowest BCUT2D eigenvalue weighted by Crippen LogP contribution is -2.28. The zero-order valence-corrected chi connectivity index (χ0v) is 16.3. The fraction of sp³-hybridized carbons (Fsp3) is 0.250. The lowest BCUT2D eigenvalue weighted by molar-refractivity contribution is -0.124. The number of rotatable bonds is 6. The summed E-state index contributed by atoms with van der Waals surface area (Å²) in [5.74, 6) is -0.404. The Morgan fingerprint density at radius 2 is 1.93 bits per heavy atom. The molecule has 3 rings (SSSR count). The molecule has 8 heteroatoms. The van der Waals surface area contributed by atoms with Crippen molar-refractivity contribution in [1.29, 1.82) is 0 Å². The smallest absolute Gasteiger partial charge is 0.338 e. The highest BCUT2D eigenvalue weighted by molar-refractivity contribution is 8.00. The molecule has 1 aliphatic heterocycles. The van der Waals surface area contributed by atoms with Crippen LogP contribution in [0.2, 0.25) is 0 Å². The van der Waals surface area contributed by atoms with Gasteiger partial charge in [0.15, 0.2) is 6.61 Å². The average molecular weight is 400 g/mol. The molecule has 2 aromatic carbocycles. The highest BCUT2D eigenvalue weighted by Crippen LogP contribution is 2.36. The summed E-state index contributed by atoms with van der Waals surface area (Å²) in [5, 5.41) is 5.27. The Kier molecular flexibility index (Phi) is 6.20. The first-order valence-corrected chi connectivity index (χ1v) is 9.52. The van der Waals surface area contributed by atoms with Crippen molar-refractivity contribution < 1.29 is 23.9 Å². The minimum atomic E-state index is -0.625. The molecule has 0 saturated heterocycles. The van der Waals surface area contributed by atoms with E-state index in [0.29, 0.717) is 12.2 Å². The summed E-state index contributed by atoms with van der Waals surface area (Å²) < 4.78 is 10.1. The van der Waals surface area contributed by atoms with Gasteiger partial charge in [0.1, 0.15) is 5.75 Å². The Balaban J connectivity index is 1.50. The third-order valence-electron chi connectivity index (χ3n) is 4.13. The molecule has 0 fully saturated rings. The number of carbonyl (C=O) groups is 3. The van der Waals surface area contributed by atoms with Gasteiger partial charge in [-0.3, -0.25) is 9.59 Å². The van der Waals surface area contributed by atoms with Gasteiger partial charge in [0.25, 0.3) is 5.91 Å². The SMILES string of the molecule is COc1ccc(CNC(=O)COC(=O)c2ccc3c(c2)NC(=O)C(C)S3)cc1. The molecular weight excluding hydrogens is 380 g/mol. The normalized spacial score (nSPS) is 15.2. The minimum absolute atomic E-state index is 0.110. The van der Waals surface area contributed by atoms with Gasteiger partial charge in [-0.2, -0.15) is 0 Å². The van der Waals surface area contributed by atoms with Crippen LogP contribution >= 0.6 is 11.8 Å². The van der Waals surface area contributed by atoms with Gasteiger partial charge in [-0.05, 0) is 42.8 Å². The monoisotopic (exact) mass is 400 g/mol. The van der Waals surface area contributed by atoms with Crippen molar-refractivity contribution in [2.75, 3.05) is 19.0 Å². The maximum absolute atomic E-state index is 12.2. The number of nitrogens with one attached hydrogen (secondary N) is 2. The quantitative estimate of drug-likeness (QED) is 0.724. The molecular formula is C20H20N2O5S. The Labute approximate surface area is 166 Å². The Morgan fingerprint density at radius 1 is 1.18 bits per heavy atom. The molecule has 0 bridgehead atoms. The van der Waals surface area contributed by atoms with Crippen LogP contribution in [0, 0.1) is 0 Å². The van der Waals surface area contributed by atoms with Gasteiger partial charge in [-0.25, -0.2) is 4.79 Å². The Morgan fingerprint density at radius 3 is 2.64 bits per heavy atom. The molecule has 0 saturated carbocycles. The number of hydrogen-bond acceptors (Lipinski definition) is 6. The van der Waals surface area contributed by atoms with E-state index >= 15 is 0 Å². The summed E-state index contributed by atoms with van der Waals surface area (Å²) >= 11 is 1.43. The number of methoxy groups -OCH3 is 1. The third kappa shape index (κ3) is 4.83. The molecule has 146 valence electrons. The molecule has 28 heavy (non-hydrogen) atoms. The fourth-order valence-electron chi connectivity index (χ4n) is 2.55. The van der Waals surface area contributed by atoms with E-state index in [1.165, 1.54) is 11.8 Å². The lowest BCUT2D eigenvalue weighted by Gasteiger charge is -2.21. The molecule has 1 heterocycles. The highest BCUT2D eigenvalue weighted by Gasteiger charge is 2.24. The van der Waals surface area contributed by atoms with Gasteiger partial charge >= 0.3 is 5.97 Å². The van der Waals surface area contributed by atoms with E-state index in [1.807, 2.05) is 19.1 Å². The van der Waals surface area contributed by atoms with E-state index in [1.54, 1.807) is 37.4 Å². The van der Waals surface area contributed by atoms with Crippen molar-refractivity contribution >= 4 is 35.2 Å². The van der Waals surface area contributed by atoms with Crippen molar-refractivity contribution in [1.82, 2.24) is 5.32 Å². The molecule has 0 aromatic heterocycles.